The molecule has 1 N–H and O–H groups in total. The van der Waals surface area contributed by atoms with Gasteiger partial charge in [0, 0.05) is 16.5 Å². The molecule has 3 nitrogen and oxygen atoms in total. The van der Waals surface area contributed by atoms with Crippen LogP contribution in [0.2, 0.25) is 0 Å². The Balaban J connectivity index is 2.23. The number of benzene rings is 1. The second-order valence-corrected chi connectivity index (χ2v) is 5.79. The maximum Gasteiger partial charge on any atom is 0.254 e. The summed E-state index contributed by atoms with van der Waals surface area (Å²) in [7, 11) is 0. The predicted molar refractivity (Wildman–Crippen MR) is 79.7 cm³/mol. The van der Waals surface area contributed by atoms with Gasteiger partial charge in [-0.05, 0) is 25.8 Å². The number of hydrogen-bond acceptors (Lipinski definition) is 3. The number of thioether (sulfide) groups is 1. The van der Waals surface area contributed by atoms with Crippen LogP contribution >= 0.6 is 11.8 Å². The number of aromatic amines is 1. The number of nitrogens with one attached hydrogen (secondary N) is 1. The van der Waals surface area contributed by atoms with Crippen molar-refractivity contribution >= 4 is 11.8 Å². The Morgan fingerprint density at radius 2 is 2.00 bits per heavy atom. The lowest BCUT2D eigenvalue weighted by molar-refractivity contribution is 0.854. The van der Waals surface area contributed by atoms with Crippen molar-refractivity contribution in [3.63, 3.8) is 0 Å². The molecule has 0 amide bonds. The van der Waals surface area contributed by atoms with E-state index in [-0.39, 0.29) is 10.8 Å². The van der Waals surface area contributed by atoms with Gasteiger partial charge >= 0.3 is 0 Å². The number of aromatic nitrogens is 2. The zero-order chi connectivity index (χ0) is 13.8. The summed E-state index contributed by atoms with van der Waals surface area (Å²) in [6, 6.07) is 10.2. The van der Waals surface area contributed by atoms with Crippen molar-refractivity contribution in [2.24, 2.45) is 0 Å². The van der Waals surface area contributed by atoms with Crippen LogP contribution in [0, 0.1) is 6.92 Å². The van der Waals surface area contributed by atoms with E-state index in [1.54, 1.807) is 11.8 Å². The van der Waals surface area contributed by atoms with Gasteiger partial charge < -0.3 is 4.98 Å². The Hall–Kier alpha value is -1.55. The zero-order valence-electron chi connectivity index (χ0n) is 11.4. The van der Waals surface area contributed by atoms with Crippen molar-refractivity contribution in [1.29, 1.82) is 0 Å². The molecule has 0 spiro atoms. The molecule has 0 fully saturated rings. The summed E-state index contributed by atoms with van der Waals surface area (Å²) in [5.41, 5.74) is 2.82. The molecule has 0 aliphatic carbocycles. The fourth-order valence-corrected chi connectivity index (χ4v) is 2.99. The quantitative estimate of drug-likeness (QED) is 0.685. The van der Waals surface area contributed by atoms with E-state index in [0.29, 0.717) is 11.6 Å². The summed E-state index contributed by atoms with van der Waals surface area (Å²) < 4.78 is 0. The Bertz CT molecular complexity index is 607. The van der Waals surface area contributed by atoms with E-state index in [9.17, 15) is 4.79 Å². The number of hydrogen-bond donors (Lipinski definition) is 1. The molecule has 1 heterocycles. The summed E-state index contributed by atoms with van der Waals surface area (Å²) in [6.45, 7) is 5.98. The molecule has 0 aliphatic rings. The Morgan fingerprint density at radius 3 is 2.58 bits per heavy atom. The SMILES string of the molecule is CCc1c(C)nc(S[C@@H](C)c2ccccc2)[nH]c1=O. The van der Waals surface area contributed by atoms with E-state index in [0.717, 1.165) is 11.3 Å². The highest BCUT2D eigenvalue weighted by molar-refractivity contribution is 7.99. The molecule has 0 bridgehead atoms. The average Bonchev–Trinajstić information content (AvgIpc) is 2.39. The topological polar surface area (TPSA) is 45.8 Å². The molecule has 0 unspecified atom stereocenters. The normalized spacial score (nSPS) is 12.4. The smallest absolute Gasteiger partial charge is 0.254 e. The van der Waals surface area contributed by atoms with E-state index in [4.69, 9.17) is 0 Å². The standard InChI is InChI=1S/C15H18N2OS/c1-4-13-10(2)16-15(17-14(13)18)19-11(3)12-8-6-5-7-9-12/h5-9,11H,4H2,1-3H3,(H,16,17,18)/t11-/m0/s1. The molecule has 0 aliphatic heterocycles. The summed E-state index contributed by atoms with van der Waals surface area (Å²) in [4.78, 5) is 19.2. The van der Waals surface area contributed by atoms with Crippen LogP contribution in [0.25, 0.3) is 0 Å². The van der Waals surface area contributed by atoms with Crippen LogP contribution in [-0.2, 0) is 6.42 Å². The molecule has 19 heavy (non-hydrogen) atoms. The minimum Gasteiger partial charge on any atom is -0.301 e. The lowest BCUT2D eigenvalue weighted by atomic mass is 10.2. The highest BCUT2D eigenvalue weighted by Crippen LogP contribution is 2.32. The van der Waals surface area contributed by atoms with Crippen LogP contribution in [0.5, 0.6) is 0 Å². The first-order chi connectivity index (χ1) is 9.11. The van der Waals surface area contributed by atoms with Crippen LogP contribution in [-0.4, -0.2) is 9.97 Å². The molecular weight excluding hydrogens is 256 g/mol. The van der Waals surface area contributed by atoms with Crippen LogP contribution in [0.4, 0.5) is 0 Å². The fraction of sp³-hybridized carbons (Fsp3) is 0.333. The van der Waals surface area contributed by atoms with Gasteiger partial charge in [0.15, 0.2) is 5.16 Å². The third-order valence-corrected chi connectivity index (χ3v) is 4.15. The van der Waals surface area contributed by atoms with E-state index >= 15 is 0 Å². The summed E-state index contributed by atoms with van der Waals surface area (Å²) in [5, 5.41) is 0.951. The largest absolute Gasteiger partial charge is 0.301 e. The maximum atomic E-state index is 11.9. The van der Waals surface area contributed by atoms with E-state index in [1.807, 2.05) is 32.0 Å². The lowest BCUT2D eigenvalue weighted by Crippen LogP contribution is -2.16. The van der Waals surface area contributed by atoms with E-state index < -0.39 is 0 Å². The number of H-pyrrole nitrogens is 1. The first-order valence-electron chi connectivity index (χ1n) is 6.43. The van der Waals surface area contributed by atoms with Crippen molar-refractivity contribution < 1.29 is 0 Å². The first kappa shape index (κ1) is 13.9. The summed E-state index contributed by atoms with van der Waals surface area (Å²) in [6.07, 6.45) is 0.716. The van der Waals surface area contributed by atoms with Crippen molar-refractivity contribution in [1.82, 2.24) is 9.97 Å². The Labute approximate surface area is 117 Å². The third kappa shape index (κ3) is 3.26. The molecule has 2 rings (SSSR count). The highest BCUT2D eigenvalue weighted by Gasteiger charge is 2.11. The molecular formula is C15H18N2OS. The van der Waals surface area contributed by atoms with Gasteiger partial charge in [0.2, 0.25) is 0 Å². The number of rotatable bonds is 4. The summed E-state index contributed by atoms with van der Waals surface area (Å²) in [5.74, 6) is 0. The van der Waals surface area contributed by atoms with Crippen molar-refractivity contribution in [3.8, 4) is 0 Å². The van der Waals surface area contributed by atoms with Crippen molar-refractivity contribution in [2.75, 3.05) is 0 Å². The van der Waals surface area contributed by atoms with Gasteiger partial charge in [-0.25, -0.2) is 4.98 Å². The Morgan fingerprint density at radius 1 is 1.32 bits per heavy atom. The van der Waals surface area contributed by atoms with Crippen molar-refractivity contribution in [2.45, 2.75) is 37.6 Å². The fourth-order valence-electron chi connectivity index (χ4n) is 2.02. The van der Waals surface area contributed by atoms with Crippen LogP contribution in [0.3, 0.4) is 0 Å². The molecule has 2 aromatic rings. The molecule has 1 atom stereocenters. The minimum absolute atomic E-state index is 0.0160. The molecule has 1 aromatic carbocycles. The van der Waals surface area contributed by atoms with E-state index in [2.05, 4.69) is 29.0 Å². The molecule has 100 valence electrons. The average molecular weight is 274 g/mol. The van der Waals surface area contributed by atoms with Gasteiger partial charge in [-0.15, -0.1) is 0 Å². The van der Waals surface area contributed by atoms with Gasteiger partial charge in [0.25, 0.3) is 5.56 Å². The van der Waals surface area contributed by atoms with E-state index in [1.165, 1.54) is 5.56 Å². The predicted octanol–water partition coefficient (Wildman–Crippen LogP) is 3.49. The highest BCUT2D eigenvalue weighted by atomic mass is 32.2. The second kappa shape index (κ2) is 6.06. The minimum atomic E-state index is -0.0160. The van der Waals surface area contributed by atoms with Gasteiger partial charge in [-0.1, -0.05) is 49.0 Å². The third-order valence-electron chi connectivity index (χ3n) is 3.11. The van der Waals surface area contributed by atoms with Gasteiger partial charge in [-0.2, -0.15) is 0 Å². The van der Waals surface area contributed by atoms with Gasteiger partial charge in [-0.3, -0.25) is 4.79 Å². The number of aryl methyl sites for hydroxylation is 1. The molecule has 4 heteroatoms. The van der Waals surface area contributed by atoms with Gasteiger partial charge in [0.1, 0.15) is 0 Å². The molecule has 0 radical (unpaired) electrons. The summed E-state index contributed by atoms with van der Waals surface area (Å²) >= 11 is 1.58. The molecule has 0 saturated heterocycles. The number of nitrogens with zero attached hydrogens (tertiary/aromatic N) is 1. The van der Waals surface area contributed by atoms with Crippen LogP contribution < -0.4 is 5.56 Å². The van der Waals surface area contributed by atoms with Crippen LogP contribution in [0.15, 0.2) is 40.3 Å². The van der Waals surface area contributed by atoms with Crippen LogP contribution in [0.1, 0.15) is 35.9 Å². The second-order valence-electron chi connectivity index (χ2n) is 4.46. The lowest BCUT2D eigenvalue weighted by Gasteiger charge is -2.11. The Kier molecular flexibility index (Phi) is 4.43. The maximum absolute atomic E-state index is 11.9. The van der Waals surface area contributed by atoms with Gasteiger partial charge in [0.05, 0.1) is 0 Å². The molecule has 1 aromatic heterocycles. The monoisotopic (exact) mass is 274 g/mol. The van der Waals surface area contributed by atoms with Crippen molar-refractivity contribution in [3.05, 3.63) is 57.5 Å². The molecule has 0 saturated carbocycles. The zero-order valence-corrected chi connectivity index (χ0v) is 12.3. The first-order valence-corrected chi connectivity index (χ1v) is 7.31.